The highest BCUT2D eigenvalue weighted by Crippen LogP contribution is 2.39. The van der Waals surface area contributed by atoms with Crippen molar-refractivity contribution < 1.29 is 9.53 Å². The van der Waals surface area contributed by atoms with Crippen LogP contribution >= 0.6 is 0 Å². The number of methoxy groups -OCH3 is 1. The van der Waals surface area contributed by atoms with E-state index in [9.17, 15) is 4.79 Å². The summed E-state index contributed by atoms with van der Waals surface area (Å²) in [5.41, 5.74) is 9.11. The molecule has 1 amide bonds. The lowest BCUT2D eigenvalue weighted by Crippen LogP contribution is -2.45. The van der Waals surface area contributed by atoms with Crippen LogP contribution in [0.4, 0.5) is 0 Å². The molecule has 1 aromatic rings. The molecule has 5 heteroatoms. The van der Waals surface area contributed by atoms with Crippen molar-refractivity contribution in [2.75, 3.05) is 20.2 Å². The lowest BCUT2D eigenvalue weighted by molar-refractivity contribution is -0.113. The minimum atomic E-state index is -0.382. The van der Waals surface area contributed by atoms with Gasteiger partial charge in [-0.25, -0.2) is 0 Å². The first-order valence-corrected chi connectivity index (χ1v) is 8.55. The summed E-state index contributed by atoms with van der Waals surface area (Å²) >= 11 is 0. The third kappa shape index (κ3) is 2.88. The largest absolute Gasteiger partial charge is 0.496 e. The van der Waals surface area contributed by atoms with Crippen molar-refractivity contribution in [2.45, 2.75) is 45.3 Å². The van der Waals surface area contributed by atoms with Gasteiger partial charge < -0.3 is 15.4 Å². The number of hydrogen-bond acceptors (Lipinski definition) is 4. The molecule has 2 fully saturated rings. The summed E-state index contributed by atoms with van der Waals surface area (Å²) in [5, 5.41) is 0. The van der Waals surface area contributed by atoms with Gasteiger partial charge in [-0.1, -0.05) is 6.07 Å². The molecule has 24 heavy (non-hydrogen) atoms. The van der Waals surface area contributed by atoms with Crippen molar-refractivity contribution in [1.29, 1.82) is 0 Å². The van der Waals surface area contributed by atoms with Crippen LogP contribution < -0.4 is 10.5 Å². The Morgan fingerprint density at radius 2 is 2.04 bits per heavy atom. The van der Waals surface area contributed by atoms with Crippen molar-refractivity contribution in [3.8, 4) is 5.75 Å². The van der Waals surface area contributed by atoms with Crippen LogP contribution in [0.3, 0.4) is 0 Å². The van der Waals surface area contributed by atoms with Gasteiger partial charge in [-0.3, -0.25) is 9.69 Å². The number of carbonyl (C=O) groups is 1. The fraction of sp³-hybridized carbons (Fsp3) is 0.526. The van der Waals surface area contributed by atoms with E-state index in [1.807, 2.05) is 6.20 Å². The Hall–Kier alpha value is -2.01. The van der Waals surface area contributed by atoms with Gasteiger partial charge in [0.15, 0.2) is 0 Å². The van der Waals surface area contributed by atoms with Crippen LogP contribution in [0.15, 0.2) is 24.4 Å². The molecule has 2 heterocycles. The maximum Gasteiger partial charge on any atom is 0.242 e. The summed E-state index contributed by atoms with van der Waals surface area (Å²) < 4.78 is 5.43. The van der Waals surface area contributed by atoms with E-state index in [0.717, 1.165) is 25.3 Å². The molecule has 5 nitrogen and oxygen atoms in total. The van der Waals surface area contributed by atoms with Crippen LogP contribution in [0.25, 0.3) is 0 Å². The van der Waals surface area contributed by atoms with Crippen LogP contribution in [0.1, 0.15) is 36.1 Å². The zero-order valence-electron chi connectivity index (χ0n) is 15.0. The van der Waals surface area contributed by atoms with E-state index in [1.54, 1.807) is 7.11 Å². The molecule has 130 valence electrons. The molecular formula is C19H27N3O2. The first-order valence-electron chi connectivity index (χ1n) is 8.55. The number of amides is 1. The highest BCUT2D eigenvalue weighted by atomic mass is 16.5. The number of rotatable bonds is 5. The van der Waals surface area contributed by atoms with E-state index < -0.39 is 0 Å². The first-order chi connectivity index (χ1) is 11.4. The molecule has 0 aromatic heterocycles. The molecule has 2 aliphatic heterocycles. The average Bonchev–Trinajstić information content (AvgIpc) is 3.15. The minimum absolute atomic E-state index is 0.381. The van der Waals surface area contributed by atoms with Crippen LogP contribution in [0.5, 0.6) is 5.75 Å². The topological polar surface area (TPSA) is 58.8 Å². The molecular weight excluding hydrogens is 302 g/mol. The quantitative estimate of drug-likeness (QED) is 0.841. The van der Waals surface area contributed by atoms with E-state index in [4.69, 9.17) is 10.5 Å². The summed E-state index contributed by atoms with van der Waals surface area (Å²) in [7, 11) is 1.72. The van der Waals surface area contributed by atoms with Gasteiger partial charge >= 0.3 is 0 Å². The molecule has 0 aliphatic carbocycles. The van der Waals surface area contributed by atoms with Gasteiger partial charge in [0.2, 0.25) is 5.91 Å². The Balaban J connectivity index is 1.74. The predicted molar refractivity (Wildman–Crippen MR) is 94.8 cm³/mol. The smallest absolute Gasteiger partial charge is 0.242 e. The van der Waals surface area contributed by atoms with E-state index in [0.29, 0.717) is 18.1 Å². The second kappa shape index (κ2) is 6.48. The maximum absolute atomic E-state index is 10.9. The summed E-state index contributed by atoms with van der Waals surface area (Å²) in [6.45, 7) is 8.59. The SMILES string of the molecule is COc1ccc([C@H](C)N2C[C@@H]3C[C@H]2CN3C=CC(N)=O)c(C)c1C. The van der Waals surface area contributed by atoms with Gasteiger partial charge in [0, 0.05) is 43.5 Å². The number of hydrogen-bond donors (Lipinski definition) is 1. The van der Waals surface area contributed by atoms with Gasteiger partial charge in [0.1, 0.15) is 5.75 Å². The van der Waals surface area contributed by atoms with Crippen molar-refractivity contribution in [3.63, 3.8) is 0 Å². The molecule has 0 saturated carbocycles. The van der Waals surface area contributed by atoms with Gasteiger partial charge in [-0.2, -0.15) is 0 Å². The molecule has 2 aliphatic rings. The number of nitrogens with zero attached hydrogens (tertiary/aromatic N) is 2. The van der Waals surface area contributed by atoms with Crippen LogP contribution in [0, 0.1) is 13.8 Å². The number of nitrogens with two attached hydrogens (primary N) is 1. The minimum Gasteiger partial charge on any atom is -0.496 e. The lowest BCUT2D eigenvalue weighted by Gasteiger charge is -2.38. The Labute approximate surface area is 144 Å². The molecule has 0 radical (unpaired) electrons. The van der Waals surface area contributed by atoms with E-state index in [1.165, 1.54) is 22.8 Å². The summed E-state index contributed by atoms with van der Waals surface area (Å²) in [4.78, 5) is 15.8. The second-order valence-electron chi connectivity index (χ2n) is 6.94. The van der Waals surface area contributed by atoms with Gasteiger partial charge in [0.05, 0.1) is 7.11 Å². The highest BCUT2D eigenvalue weighted by Gasteiger charge is 2.44. The zero-order chi connectivity index (χ0) is 17.4. The standard InChI is InChI=1S/C19H27N3O2/c1-12-13(2)18(24-4)6-5-17(12)14(3)22-11-15-9-16(22)10-21(15)8-7-19(20)23/h5-8,14-16H,9-11H2,1-4H3,(H2,20,23)/t14-,15-,16-/m0/s1. The first kappa shape index (κ1) is 16.8. The van der Waals surface area contributed by atoms with Crippen LogP contribution in [-0.2, 0) is 4.79 Å². The summed E-state index contributed by atoms with van der Waals surface area (Å²) in [6.07, 6.45) is 4.48. The molecule has 3 atom stereocenters. The van der Waals surface area contributed by atoms with E-state index in [2.05, 4.69) is 42.7 Å². The van der Waals surface area contributed by atoms with E-state index >= 15 is 0 Å². The number of primary amides is 1. The lowest BCUT2D eigenvalue weighted by atomic mass is 9.96. The Kier molecular flexibility index (Phi) is 4.54. The number of ether oxygens (including phenoxy) is 1. The number of piperazine rings is 1. The van der Waals surface area contributed by atoms with E-state index in [-0.39, 0.29) is 5.91 Å². The highest BCUT2D eigenvalue weighted by molar-refractivity contribution is 5.85. The fourth-order valence-corrected chi connectivity index (χ4v) is 4.22. The van der Waals surface area contributed by atoms with Gasteiger partial charge in [0.25, 0.3) is 0 Å². The van der Waals surface area contributed by atoms with Crippen LogP contribution in [0.2, 0.25) is 0 Å². The zero-order valence-corrected chi connectivity index (χ0v) is 15.0. The predicted octanol–water partition coefficient (Wildman–Crippen LogP) is 2.13. The molecule has 2 saturated heterocycles. The third-order valence-corrected chi connectivity index (χ3v) is 5.70. The molecule has 0 unspecified atom stereocenters. The molecule has 2 N–H and O–H groups in total. The van der Waals surface area contributed by atoms with Crippen molar-refractivity contribution >= 4 is 5.91 Å². The summed E-state index contributed by atoms with van der Waals surface area (Å²) in [5.74, 6) is 0.571. The second-order valence-corrected chi connectivity index (χ2v) is 6.94. The third-order valence-electron chi connectivity index (χ3n) is 5.70. The fourth-order valence-electron chi connectivity index (χ4n) is 4.22. The maximum atomic E-state index is 10.9. The summed E-state index contributed by atoms with van der Waals surface area (Å²) in [6, 6.07) is 5.66. The molecule has 2 bridgehead atoms. The van der Waals surface area contributed by atoms with Crippen molar-refractivity contribution in [2.24, 2.45) is 5.73 Å². The number of benzene rings is 1. The Morgan fingerprint density at radius 1 is 1.29 bits per heavy atom. The Bertz CT molecular complexity index is 671. The average molecular weight is 329 g/mol. The number of fused-ring (bicyclic) bond motifs is 2. The van der Waals surface area contributed by atoms with Crippen molar-refractivity contribution in [3.05, 3.63) is 41.1 Å². The Morgan fingerprint density at radius 3 is 2.62 bits per heavy atom. The van der Waals surface area contributed by atoms with Crippen LogP contribution in [-0.4, -0.2) is 48.0 Å². The van der Waals surface area contributed by atoms with Gasteiger partial charge in [-0.15, -0.1) is 0 Å². The number of likely N-dealkylation sites (tertiary alicyclic amines) is 2. The molecule has 0 spiro atoms. The molecule has 3 rings (SSSR count). The van der Waals surface area contributed by atoms with Crippen molar-refractivity contribution in [1.82, 2.24) is 9.80 Å². The number of carbonyl (C=O) groups excluding carboxylic acids is 1. The van der Waals surface area contributed by atoms with Gasteiger partial charge in [-0.05, 0) is 49.9 Å². The normalized spacial score (nSPS) is 24.8. The molecule has 1 aromatic carbocycles. The monoisotopic (exact) mass is 329 g/mol.